The van der Waals surface area contributed by atoms with Gasteiger partial charge in [0.2, 0.25) is 0 Å². The lowest BCUT2D eigenvalue weighted by Gasteiger charge is -2.08. The fourth-order valence-corrected chi connectivity index (χ4v) is 1.17. The molecular formula is C9H9ClF2O. The van der Waals surface area contributed by atoms with Crippen LogP contribution >= 0.6 is 11.6 Å². The fraction of sp³-hybridized carbons (Fsp3) is 0.333. The molecule has 72 valence electrons. The second-order valence-corrected chi connectivity index (χ2v) is 2.67. The van der Waals surface area contributed by atoms with E-state index in [2.05, 4.69) is 0 Å². The van der Waals surface area contributed by atoms with Gasteiger partial charge < -0.3 is 4.74 Å². The molecule has 1 aromatic rings. The second-order valence-electron chi connectivity index (χ2n) is 2.40. The standard InChI is InChI=1S/C9H9ClF2O/c10-6-7-2-1-3-8(12)9(7)13-5-4-11/h1-3H,4-6H2. The van der Waals surface area contributed by atoms with Crippen LogP contribution in [0.25, 0.3) is 0 Å². The minimum absolute atomic E-state index is 0.0511. The summed E-state index contributed by atoms with van der Waals surface area (Å²) < 4.78 is 29.7. The van der Waals surface area contributed by atoms with Crippen LogP contribution in [0.4, 0.5) is 8.78 Å². The third-order valence-corrected chi connectivity index (χ3v) is 1.80. The Morgan fingerprint density at radius 2 is 2.15 bits per heavy atom. The number of halogens is 3. The highest BCUT2D eigenvalue weighted by molar-refractivity contribution is 6.17. The minimum atomic E-state index is -0.643. The molecule has 1 rings (SSSR count). The lowest BCUT2D eigenvalue weighted by Crippen LogP contribution is -2.02. The van der Waals surface area contributed by atoms with Crippen LogP contribution in [0.1, 0.15) is 5.56 Å². The number of ether oxygens (including phenoxy) is 1. The van der Waals surface area contributed by atoms with E-state index in [1.54, 1.807) is 6.07 Å². The lowest BCUT2D eigenvalue weighted by atomic mass is 10.2. The molecule has 0 bridgehead atoms. The van der Waals surface area contributed by atoms with Crippen molar-refractivity contribution in [3.63, 3.8) is 0 Å². The van der Waals surface area contributed by atoms with Crippen molar-refractivity contribution in [2.24, 2.45) is 0 Å². The molecule has 0 N–H and O–H groups in total. The molecule has 0 atom stereocenters. The first kappa shape index (κ1) is 10.3. The van der Waals surface area contributed by atoms with E-state index >= 15 is 0 Å². The summed E-state index contributed by atoms with van der Waals surface area (Å²) in [6.07, 6.45) is 0. The normalized spacial score (nSPS) is 10.1. The van der Waals surface area contributed by atoms with Gasteiger partial charge in [-0.25, -0.2) is 8.78 Å². The van der Waals surface area contributed by atoms with Gasteiger partial charge in [-0.15, -0.1) is 11.6 Å². The first-order valence-electron chi connectivity index (χ1n) is 3.81. The monoisotopic (exact) mass is 206 g/mol. The molecule has 0 amide bonds. The van der Waals surface area contributed by atoms with E-state index < -0.39 is 12.5 Å². The summed E-state index contributed by atoms with van der Waals surface area (Å²) in [6.45, 7) is -0.791. The molecule has 0 saturated carbocycles. The number of hydrogen-bond donors (Lipinski definition) is 0. The molecule has 0 spiro atoms. The van der Waals surface area contributed by atoms with E-state index in [0.29, 0.717) is 5.56 Å². The Balaban J connectivity index is 2.87. The van der Waals surface area contributed by atoms with Crippen molar-refractivity contribution in [2.75, 3.05) is 13.3 Å². The summed E-state index contributed by atoms with van der Waals surface area (Å²) in [5.74, 6) is -0.305. The van der Waals surface area contributed by atoms with E-state index in [4.69, 9.17) is 16.3 Å². The zero-order valence-electron chi connectivity index (χ0n) is 6.90. The highest BCUT2D eigenvalue weighted by Crippen LogP contribution is 2.23. The van der Waals surface area contributed by atoms with Crippen molar-refractivity contribution in [1.82, 2.24) is 0 Å². The Morgan fingerprint density at radius 3 is 2.77 bits per heavy atom. The van der Waals surface area contributed by atoms with Crippen LogP contribution in [0.3, 0.4) is 0 Å². The Hall–Kier alpha value is -0.830. The molecule has 0 saturated heterocycles. The van der Waals surface area contributed by atoms with Gasteiger partial charge in [-0.05, 0) is 6.07 Å². The molecule has 1 aromatic carbocycles. The maximum atomic E-state index is 13.1. The highest BCUT2D eigenvalue weighted by atomic mass is 35.5. The maximum absolute atomic E-state index is 13.1. The summed E-state index contributed by atoms with van der Waals surface area (Å²) in [4.78, 5) is 0. The van der Waals surface area contributed by atoms with Gasteiger partial charge in [-0.2, -0.15) is 0 Å². The van der Waals surface area contributed by atoms with Gasteiger partial charge in [-0.1, -0.05) is 12.1 Å². The van der Waals surface area contributed by atoms with Gasteiger partial charge in [0.15, 0.2) is 11.6 Å². The number of benzene rings is 1. The molecule has 0 aromatic heterocycles. The number of rotatable bonds is 4. The Labute approximate surface area is 80.3 Å². The third-order valence-electron chi connectivity index (χ3n) is 1.52. The zero-order valence-corrected chi connectivity index (χ0v) is 7.65. The Kier molecular flexibility index (Phi) is 3.96. The second kappa shape index (κ2) is 5.02. The largest absolute Gasteiger partial charge is 0.487 e. The van der Waals surface area contributed by atoms with Crippen molar-refractivity contribution in [2.45, 2.75) is 5.88 Å². The number of hydrogen-bond acceptors (Lipinski definition) is 1. The molecule has 0 aliphatic heterocycles. The third kappa shape index (κ3) is 2.56. The molecule has 0 fully saturated rings. The van der Waals surface area contributed by atoms with Crippen molar-refractivity contribution >= 4 is 11.6 Å². The summed E-state index contributed by atoms with van der Waals surface area (Å²) in [5.41, 5.74) is 0.537. The van der Waals surface area contributed by atoms with Crippen molar-refractivity contribution in [1.29, 1.82) is 0 Å². The van der Waals surface area contributed by atoms with Crippen molar-refractivity contribution in [3.05, 3.63) is 29.6 Å². The number of alkyl halides is 2. The Morgan fingerprint density at radius 1 is 1.38 bits per heavy atom. The van der Waals surface area contributed by atoms with Crippen molar-refractivity contribution < 1.29 is 13.5 Å². The van der Waals surface area contributed by atoms with Crippen LogP contribution in [0.15, 0.2) is 18.2 Å². The van der Waals surface area contributed by atoms with Crippen LogP contribution in [0.2, 0.25) is 0 Å². The van der Waals surface area contributed by atoms with Crippen LogP contribution in [0, 0.1) is 5.82 Å². The summed E-state index contributed by atoms with van der Waals surface area (Å²) in [7, 11) is 0. The van der Waals surface area contributed by atoms with Gasteiger partial charge in [0.05, 0.1) is 5.88 Å². The first-order valence-corrected chi connectivity index (χ1v) is 4.35. The van der Waals surface area contributed by atoms with Crippen LogP contribution in [-0.4, -0.2) is 13.3 Å². The summed E-state index contributed by atoms with van der Waals surface area (Å²) in [6, 6.07) is 4.43. The maximum Gasteiger partial charge on any atom is 0.165 e. The molecule has 0 aliphatic carbocycles. The topological polar surface area (TPSA) is 9.23 Å². The quantitative estimate of drug-likeness (QED) is 0.689. The molecule has 0 unspecified atom stereocenters. The Bertz CT molecular complexity index is 278. The predicted octanol–water partition coefficient (Wildman–Crippen LogP) is 2.91. The molecule has 0 aliphatic rings. The van der Waals surface area contributed by atoms with E-state index in [1.807, 2.05) is 0 Å². The SMILES string of the molecule is FCCOc1c(F)cccc1CCl. The summed E-state index contributed by atoms with van der Waals surface area (Å²) in [5, 5.41) is 0. The lowest BCUT2D eigenvalue weighted by molar-refractivity contribution is 0.261. The van der Waals surface area contributed by atoms with Crippen LogP contribution in [-0.2, 0) is 5.88 Å². The molecule has 4 heteroatoms. The van der Waals surface area contributed by atoms with Crippen LogP contribution in [0.5, 0.6) is 5.75 Å². The zero-order chi connectivity index (χ0) is 9.68. The highest BCUT2D eigenvalue weighted by Gasteiger charge is 2.08. The summed E-state index contributed by atoms with van der Waals surface area (Å²) >= 11 is 5.54. The van der Waals surface area contributed by atoms with E-state index in [1.165, 1.54) is 12.1 Å². The van der Waals surface area contributed by atoms with E-state index in [0.717, 1.165) is 0 Å². The first-order chi connectivity index (χ1) is 6.29. The molecular weight excluding hydrogens is 198 g/mol. The minimum Gasteiger partial charge on any atom is -0.487 e. The average Bonchev–Trinajstić information content (AvgIpc) is 2.15. The van der Waals surface area contributed by atoms with Gasteiger partial charge in [0, 0.05) is 5.56 Å². The van der Waals surface area contributed by atoms with Crippen LogP contribution < -0.4 is 4.74 Å². The molecule has 13 heavy (non-hydrogen) atoms. The molecule has 0 radical (unpaired) electrons. The molecule has 0 heterocycles. The van der Waals surface area contributed by atoms with E-state index in [-0.39, 0.29) is 18.2 Å². The number of para-hydroxylation sites is 1. The van der Waals surface area contributed by atoms with Gasteiger partial charge in [0.25, 0.3) is 0 Å². The smallest absolute Gasteiger partial charge is 0.165 e. The average molecular weight is 207 g/mol. The van der Waals surface area contributed by atoms with E-state index in [9.17, 15) is 8.78 Å². The van der Waals surface area contributed by atoms with Gasteiger partial charge in [-0.3, -0.25) is 0 Å². The van der Waals surface area contributed by atoms with Gasteiger partial charge in [0.1, 0.15) is 13.3 Å². The fourth-order valence-electron chi connectivity index (χ4n) is 0.961. The van der Waals surface area contributed by atoms with Crippen molar-refractivity contribution in [3.8, 4) is 5.75 Å². The predicted molar refractivity (Wildman–Crippen MR) is 47.4 cm³/mol. The molecule has 1 nitrogen and oxygen atoms in total. The van der Waals surface area contributed by atoms with Gasteiger partial charge >= 0.3 is 0 Å².